The Morgan fingerprint density at radius 3 is 1.11 bits per heavy atom. The molecule has 0 aromatic heterocycles. The molecule has 0 heterocycles. The molecule has 64 heavy (non-hydrogen) atoms. The van der Waals surface area contributed by atoms with Gasteiger partial charge >= 0.3 is 0 Å². The maximum absolute atomic E-state index is 13.4. The molecule has 0 aliphatic heterocycles. The maximum Gasteiger partial charge on any atom is 0.258 e. The molecule has 5 aromatic rings. The quantitative estimate of drug-likeness (QED) is 0.0484. The average molecular weight is 1030 g/mol. The van der Waals surface area contributed by atoms with Gasteiger partial charge in [0.1, 0.15) is 11.4 Å². The minimum atomic E-state index is -1.63. The average Bonchev–Trinajstić information content (AvgIpc) is 3.22. The predicted molar refractivity (Wildman–Crippen MR) is 253 cm³/mol. The van der Waals surface area contributed by atoms with Gasteiger partial charge in [0, 0.05) is 22.5 Å². The number of rotatable bonds is 14. The van der Waals surface area contributed by atoms with Crippen LogP contribution in [0.2, 0.25) is 40.2 Å². The molecule has 22 heteroatoms. The minimum Gasteiger partial charge on any atom is -0.324 e. The van der Waals surface area contributed by atoms with Crippen molar-refractivity contribution in [1.29, 1.82) is 0 Å². The van der Waals surface area contributed by atoms with Gasteiger partial charge in [-0.15, -0.1) is 0 Å². The van der Waals surface area contributed by atoms with E-state index in [4.69, 9.17) is 92.8 Å². The van der Waals surface area contributed by atoms with Crippen molar-refractivity contribution in [2.45, 2.75) is 39.8 Å². The molecule has 2 atom stereocenters. The Kier molecular flexibility index (Phi) is 16.9. The molecule has 14 nitrogen and oxygen atoms in total. The van der Waals surface area contributed by atoms with Crippen molar-refractivity contribution in [1.82, 2.24) is 0 Å². The van der Waals surface area contributed by atoms with E-state index >= 15 is 0 Å². The van der Waals surface area contributed by atoms with Crippen LogP contribution in [0.25, 0.3) is 0 Å². The van der Waals surface area contributed by atoms with Crippen molar-refractivity contribution in [3.63, 3.8) is 0 Å². The van der Waals surface area contributed by atoms with Crippen LogP contribution in [-0.4, -0.2) is 47.3 Å². The van der Waals surface area contributed by atoms with Gasteiger partial charge in [-0.3, -0.25) is 28.8 Å². The number of carbonyl (C=O) groups is 6. The lowest BCUT2D eigenvalue weighted by Gasteiger charge is -2.17. The van der Waals surface area contributed by atoms with E-state index in [1.54, 1.807) is 13.8 Å². The molecule has 4 N–H and O–H groups in total. The molecule has 0 radical (unpaired) electrons. The Bertz CT molecular complexity index is 2630. The fourth-order valence-corrected chi connectivity index (χ4v) is 6.96. The van der Waals surface area contributed by atoms with Crippen LogP contribution in [0.4, 0.5) is 34.1 Å². The standard InChI is InChI=1S/C42H30Cl8N8O6/c1-17-18(2)32(52-42(64)38(20(4)60)58-56-36-12-22(6-8-24(36)44)40(62)54-34-16-28(48)26(46)14-30(34)50)10-9-31(17)51-41(63)37(19(3)59)57-55-35-11-21(5-7-23(35)43)39(61)53-33-15-27(47)25(45)13-29(33)49/h5-16,37-38H,1-4H3,(H,51,63)(H,52,64)(H,53,61)(H,54,62). The molecule has 330 valence electrons. The number of benzene rings is 5. The Hall–Kier alpha value is -5.16. The second kappa shape index (κ2) is 21.7. The monoisotopic (exact) mass is 1020 g/mol. The summed E-state index contributed by atoms with van der Waals surface area (Å²) in [7, 11) is 0. The lowest BCUT2D eigenvalue weighted by Crippen LogP contribution is -2.33. The summed E-state index contributed by atoms with van der Waals surface area (Å²) in [6.07, 6.45) is 0. The number of anilines is 4. The number of hydrogen-bond acceptors (Lipinski definition) is 10. The van der Waals surface area contributed by atoms with E-state index in [0.29, 0.717) is 11.1 Å². The number of azo groups is 2. The fraction of sp³-hybridized carbons (Fsp3) is 0.143. The molecule has 0 bridgehead atoms. The third-order valence-electron chi connectivity index (χ3n) is 9.06. The zero-order valence-corrected chi connectivity index (χ0v) is 39.4. The molecular formula is C42H30Cl8N8O6. The molecule has 4 amide bonds. The maximum atomic E-state index is 13.4. The van der Waals surface area contributed by atoms with E-state index in [-0.39, 0.29) is 85.4 Å². The van der Waals surface area contributed by atoms with Gasteiger partial charge in [0.05, 0.1) is 51.6 Å². The molecule has 2 unspecified atom stereocenters. The molecule has 0 aliphatic carbocycles. The first-order chi connectivity index (χ1) is 30.1. The summed E-state index contributed by atoms with van der Waals surface area (Å²) in [6.45, 7) is 5.59. The van der Waals surface area contributed by atoms with Crippen molar-refractivity contribution in [3.05, 3.63) is 135 Å². The lowest BCUT2D eigenvalue weighted by atomic mass is 10.0. The predicted octanol–water partition coefficient (Wildman–Crippen LogP) is 13.4. The third-order valence-corrected chi connectivity index (χ3v) is 11.8. The summed E-state index contributed by atoms with van der Waals surface area (Å²) in [6, 6.07) is 13.4. The summed E-state index contributed by atoms with van der Waals surface area (Å²) in [5, 5.41) is 27.6. The van der Waals surface area contributed by atoms with Crippen molar-refractivity contribution in [2.24, 2.45) is 20.5 Å². The highest BCUT2D eigenvalue weighted by atomic mass is 35.5. The van der Waals surface area contributed by atoms with Crippen LogP contribution in [0, 0.1) is 13.8 Å². The van der Waals surface area contributed by atoms with E-state index in [1.807, 2.05) is 0 Å². The van der Waals surface area contributed by atoms with Crippen LogP contribution >= 0.6 is 92.8 Å². The molecular weight excluding hydrogens is 996 g/mol. The highest BCUT2D eigenvalue weighted by Gasteiger charge is 2.27. The summed E-state index contributed by atoms with van der Waals surface area (Å²) >= 11 is 49.1. The first-order valence-corrected chi connectivity index (χ1v) is 21.2. The Labute approximate surface area is 405 Å². The SMILES string of the molecule is CC(=O)C(N=Nc1cc(C(=O)Nc2cc(Cl)c(Cl)cc2Cl)ccc1Cl)C(=O)Nc1ccc(NC(=O)C(N=Nc2cc(C(=O)Nc3cc(Cl)c(Cl)cc3Cl)ccc2Cl)C(C)=O)c(C)c1C. The lowest BCUT2D eigenvalue weighted by molar-refractivity contribution is -0.127. The van der Waals surface area contributed by atoms with Crippen molar-refractivity contribution >= 4 is 162 Å². The van der Waals surface area contributed by atoms with Gasteiger partial charge < -0.3 is 21.3 Å². The van der Waals surface area contributed by atoms with Crippen molar-refractivity contribution < 1.29 is 28.8 Å². The number of Topliss-reactive ketones (excluding diaryl/α,β-unsaturated/α-hetero) is 2. The van der Waals surface area contributed by atoms with E-state index in [9.17, 15) is 28.8 Å². The first kappa shape index (κ1) is 49.8. The van der Waals surface area contributed by atoms with E-state index in [2.05, 4.69) is 41.7 Å². The number of halogens is 8. The van der Waals surface area contributed by atoms with Crippen LogP contribution in [0.15, 0.2) is 93.3 Å². The number of carbonyl (C=O) groups excluding carboxylic acids is 6. The zero-order chi connectivity index (χ0) is 47.2. The Morgan fingerprint density at radius 1 is 0.422 bits per heavy atom. The van der Waals surface area contributed by atoms with Gasteiger partial charge in [-0.2, -0.15) is 20.5 Å². The number of nitrogens with zero attached hydrogens (tertiary/aromatic N) is 4. The van der Waals surface area contributed by atoms with Crippen LogP contribution in [0.5, 0.6) is 0 Å². The van der Waals surface area contributed by atoms with Crippen LogP contribution in [0.1, 0.15) is 45.7 Å². The highest BCUT2D eigenvalue weighted by Crippen LogP contribution is 2.35. The van der Waals surface area contributed by atoms with Gasteiger partial charge in [0.2, 0.25) is 12.1 Å². The number of hydrogen-bond donors (Lipinski definition) is 4. The summed E-state index contributed by atoms with van der Waals surface area (Å²) in [5.41, 5.74) is 2.03. The topological polar surface area (TPSA) is 200 Å². The number of nitrogens with one attached hydrogen (secondary N) is 4. The van der Waals surface area contributed by atoms with Crippen LogP contribution in [0.3, 0.4) is 0 Å². The van der Waals surface area contributed by atoms with Gasteiger partial charge in [0.25, 0.3) is 23.6 Å². The largest absolute Gasteiger partial charge is 0.324 e. The van der Waals surface area contributed by atoms with Crippen molar-refractivity contribution in [3.8, 4) is 0 Å². The smallest absolute Gasteiger partial charge is 0.258 e. The molecule has 0 fully saturated rings. The van der Waals surface area contributed by atoms with Gasteiger partial charge in [-0.25, -0.2) is 0 Å². The number of ketones is 2. The van der Waals surface area contributed by atoms with Crippen molar-refractivity contribution in [2.75, 3.05) is 21.3 Å². The molecule has 5 rings (SSSR count). The molecule has 0 saturated heterocycles. The minimum absolute atomic E-state index is 0.0183. The summed E-state index contributed by atoms with van der Waals surface area (Å²) in [4.78, 5) is 78.1. The molecule has 0 aliphatic rings. The van der Waals surface area contributed by atoms with Crippen LogP contribution in [-0.2, 0) is 19.2 Å². The molecule has 0 saturated carbocycles. The summed E-state index contributed by atoms with van der Waals surface area (Å²) < 4.78 is 0. The normalized spacial score (nSPS) is 12.2. The first-order valence-electron chi connectivity index (χ1n) is 18.2. The summed E-state index contributed by atoms with van der Waals surface area (Å²) in [5.74, 6) is -4.22. The Balaban J connectivity index is 1.27. The number of amides is 4. The van der Waals surface area contributed by atoms with E-state index < -0.39 is 47.3 Å². The Morgan fingerprint density at radius 2 is 0.766 bits per heavy atom. The van der Waals surface area contributed by atoms with Gasteiger partial charge in [-0.05, 0) is 112 Å². The second-order valence-corrected chi connectivity index (χ2v) is 16.8. The highest BCUT2D eigenvalue weighted by molar-refractivity contribution is 6.45. The second-order valence-electron chi connectivity index (χ2n) is 13.6. The van der Waals surface area contributed by atoms with Gasteiger partial charge in [-0.1, -0.05) is 92.8 Å². The van der Waals surface area contributed by atoms with Gasteiger partial charge in [0.15, 0.2) is 11.6 Å². The fourth-order valence-electron chi connectivity index (χ4n) is 5.46. The van der Waals surface area contributed by atoms with E-state index in [0.717, 1.165) is 13.8 Å². The molecule has 0 spiro atoms. The third kappa shape index (κ3) is 12.3. The van der Waals surface area contributed by atoms with E-state index in [1.165, 1.54) is 72.8 Å². The zero-order valence-electron chi connectivity index (χ0n) is 33.3. The van der Waals surface area contributed by atoms with Crippen LogP contribution < -0.4 is 21.3 Å². The molecule has 5 aromatic carbocycles.